The van der Waals surface area contributed by atoms with E-state index >= 15 is 0 Å². The van der Waals surface area contributed by atoms with Gasteiger partial charge < -0.3 is 4.42 Å². The van der Waals surface area contributed by atoms with Gasteiger partial charge in [-0.1, -0.05) is 19.3 Å². The van der Waals surface area contributed by atoms with E-state index in [4.69, 9.17) is 10.3 Å². The van der Waals surface area contributed by atoms with Crippen LogP contribution in [0.3, 0.4) is 0 Å². The topological polar surface area (TPSA) is 51.2 Å². The maximum Gasteiger partial charge on any atom is 0.136 e. The van der Waals surface area contributed by atoms with E-state index in [9.17, 15) is 0 Å². The molecule has 0 amide bonds. The largest absolute Gasteiger partial charge is 0.466 e. The first kappa shape index (κ1) is 10.2. The molecule has 1 fully saturated rings. The smallest absolute Gasteiger partial charge is 0.136 e. The summed E-state index contributed by atoms with van der Waals surface area (Å²) in [5.41, 5.74) is 2.82. The molecule has 1 aliphatic rings. The Balaban J connectivity index is 2.01. The number of rotatable bonds is 4. The SMILES string of the molecule is NNC(CC1CCC1)c1occc1Br. The highest BCUT2D eigenvalue weighted by Crippen LogP contribution is 2.36. The van der Waals surface area contributed by atoms with Gasteiger partial charge in [0.2, 0.25) is 0 Å². The van der Waals surface area contributed by atoms with E-state index in [0.717, 1.165) is 22.6 Å². The van der Waals surface area contributed by atoms with Gasteiger partial charge in [-0.25, -0.2) is 5.43 Å². The fraction of sp³-hybridized carbons (Fsp3) is 0.600. The van der Waals surface area contributed by atoms with Crippen LogP contribution in [0.15, 0.2) is 21.2 Å². The number of hydrogen-bond donors (Lipinski definition) is 2. The predicted molar refractivity (Wildman–Crippen MR) is 58.4 cm³/mol. The van der Waals surface area contributed by atoms with Crippen LogP contribution < -0.4 is 11.3 Å². The Bertz CT molecular complexity index is 296. The van der Waals surface area contributed by atoms with Gasteiger partial charge in [0, 0.05) is 0 Å². The predicted octanol–water partition coefficient (Wildman–Crippen LogP) is 2.74. The van der Waals surface area contributed by atoms with Crippen LogP contribution in [-0.4, -0.2) is 0 Å². The number of furan rings is 1. The van der Waals surface area contributed by atoms with Gasteiger partial charge in [-0.15, -0.1) is 0 Å². The van der Waals surface area contributed by atoms with Crippen molar-refractivity contribution < 1.29 is 4.42 Å². The third kappa shape index (κ3) is 2.02. The molecule has 1 heterocycles. The first-order chi connectivity index (χ1) is 6.81. The van der Waals surface area contributed by atoms with Gasteiger partial charge in [0.1, 0.15) is 5.76 Å². The van der Waals surface area contributed by atoms with Crippen molar-refractivity contribution in [3.8, 4) is 0 Å². The van der Waals surface area contributed by atoms with Gasteiger partial charge >= 0.3 is 0 Å². The summed E-state index contributed by atoms with van der Waals surface area (Å²) < 4.78 is 6.40. The third-order valence-corrected chi connectivity index (χ3v) is 3.61. The van der Waals surface area contributed by atoms with Crippen LogP contribution in [0, 0.1) is 5.92 Å². The average Bonchev–Trinajstić information content (AvgIpc) is 2.51. The molecule has 4 heteroatoms. The fourth-order valence-electron chi connectivity index (χ4n) is 1.87. The molecule has 0 aliphatic heterocycles. The monoisotopic (exact) mass is 258 g/mol. The lowest BCUT2D eigenvalue weighted by molar-refractivity contribution is 0.246. The molecule has 1 saturated carbocycles. The fourth-order valence-corrected chi connectivity index (χ4v) is 2.34. The van der Waals surface area contributed by atoms with Gasteiger partial charge in [0.15, 0.2) is 0 Å². The lowest BCUT2D eigenvalue weighted by Crippen LogP contribution is -2.31. The van der Waals surface area contributed by atoms with Crippen LogP contribution in [-0.2, 0) is 0 Å². The number of hydrazine groups is 1. The standard InChI is InChI=1S/C10H15BrN2O/c11-8-4-5-14-10(8)9(13-12)6-7-2-1-3-7/h4-5,7,9,13H,1-3,6,12H2. The van der Waals surface area contributed by atoms with Gasteiger partial charge in [0.05, 0.1) is 16.8 Å². The molecule has 1 unspecified atom stereocenters. The number of hydrogen-bond acceptors (Lipinski definition) is 3. The van der Waals surface area contributed by atoms with Crippen molar-refractivity contribution in [2.75, 3.05) is 0 Å². The van der Waals surface area contributed by atoms with Crippen molar-refractivity contribution >= 4 is 15.9 Å². The van der Waals surface area contributed by atoms with E-state index in [0.29, 0.717) is 0 Å². The van der Waals surface area contributed by atoms with Crippen LogP contribution in [0.1, 0.15) is 37.5 Å². The summed E-state index contributed by atoms with van der Waals surface area (Å²) in [6, 6.07) is 2.05. The van der Waals surface area contributed by atoms with Crippen LogP contribution >= 0.6 is 15.9 Å². The van der Waals surface area contributed by atoms with Gasteiger partial charge in [-0.3, -0.25) is 5.84 Å². The summed E-state index contributed by atoms with van der Waals surface area (Å²) in [5.74, 6) is 7.26. The highest BCUT2D eigenvalue weighted by Gasteiger charge is 2.25. The number of nitrogens with two attached hydrogens (primary N) is 1. The van der Waals surface area contributed by atoms with Crippen molar-refractivity contribution in [1.82, 2.24) is 5.43 Å². The molecule has 2 rings (SSSR count). The summed E-state index contributed by atoms with van der Waals surface area (Å²) >= 11 is 3.45. The van der Waals surface area contributed by atoms with Gasteiger partial charge in [-0.05, 0) is 34.3 Å². The van der Waals surface area contributed by atoms with E-state index in [1.807, 2.05) is 6.07 Å². The maximum atomic E-state index is 5.53. The quantitative estimate of drug-likeness (QED) is 0.645. The first-order valence-corrected chi connectivity index (χ1v) is 5.79. The Hall–Kier alpha value is -0.320. The molecule has 0 spiro atoms. The van der Waals surface area contributed by atoms with Crippen molar-refractivity contribution in [2.24, 2.45) is 11.8 Å². The van der Waals surface area contributed by atoms with E-state index in [1.54, 1.807) is 6.26 Å². The summed E-state index contributed by atoms with van der Waals surface area (Å²) in [4.78, 5) is 0. The minimum absolute atomic E-state index is 0.143. The van der Waals surface area contributed by atoms with Crippen LogP contribution in [0.4, 0.5) is 0 Å². The normalized spacial score (nSPS) is 19.3. The van der Waals surface area contributed by atoms with Crippen molar-refractivity contribution in [1.29, 1.82) is 0 Å². The minimum Gasteiger partial charge on any atom is -0.466 e. The molecule has 0 aromatic carbocycles. The van der Waals surface area contributed by atoms with Gasteiger partial charge in [-0.2, -0.15) is 0 Å². The summed E-state index contributed by atoms with van der Waals surface area (Å²) in [7, 11) is 0. The molecule has 78 valence electrons. The average molecular weight is 259 g/mol. The number of nitrogens with one attached hydrogen (secondary N) is 1. The maximum absolute atomic E-state index is 5.53. The van der Waals surface area contributed by atoms with Gasteiger partial charge in [0.25, 0.3) is 0 Å². The molecule has 14 heavy (non-hydrogen) atoms. The third-order valence-electron chi connectivity index (χ3n) is 2.96. The van der Waals surface area contributed by atoms with Crippen molar-refractivity contribution in [2.45, 2.75) is 31.7 Å². The molecule has 3 nitrogen and oxygen atoms in total. The van der Waals surface area contributed by atoms with E-state index in [1.165, 1.54) is 19.3 Å². The Kier molecular flexibility index (Phi) is 3.26. The zero-order valence-electron chi connectivity index (χ0n) is 8.00. The molecule has 1 atom stereocenters. The van der Waals surface area contributed by atoms with Crippen molar-refractivity contribution in [3.63, 3.8) is 0 Å². The lowest BCUT2D eigenvalue weighted by Gasteiger charge is -2.28. The van der Waals surface area contributed by atoms with E-state index in [2.05, 4.69) is 21.4 Å². The minimum atomic E-state index is 0.143. The van der Waals surface area contributed by atoms with Crippen LogP contribution in [0.25, 0.3) is 0 Å². The lowest BCUT2D eigenvalue weighted by atomic mass is 9.80. The zero-order valence-corrected chi connectivity index (χ0v) is 9.59. The summed E-state index contributed by atoms with van der Waals surface area (Å²) in [6.07, 6.45) is 6.78. The molecule has 0 radical (unpaired) electrons. The Morgan fingerprint density at radius 1 is 1.64 bits per heavy atom. The molecular formula is C10H15BrN2O. The summed E-state index contributed by atoms with van der Waals surface area (Å²) in [6.45, 7) is 0. The second-order valence-electron chi connectivity index (χ2n) is 3.88. The van der Waals surface area contributed by atoms with Crippen molar-refractivity contribution in [3.05, 3.63) is 22.6 Å². The molecule has 0 saturated heterocycles. The molecule has 3 N–H and O–H groups in total. The second-order valence-corrected chi connectivity index (χ2v) is 4.74. The first-order valence-electron chi connectivity index (χ1n) is 5.00. The second kappa shape index (κ2) is 4.47. The van der Waals surface area contributed by atoms with Crippen LogP contribution in [0.5, 0.6) is 0 Å². The van der Waals surface area contributed by atoms with E-state index < -0.39 is 0 Å². The Labute approximate surface area is 92.1 Å². The number of halogens is 1. The molecule has 0 bridgehead atoms. The summed E-state index contributed by atoms with van der Waals surface area (Å²) in [5, 5.41) is 0. The highest BCUT2D eigenvalue weighted by molar-refractivity contribution is 9.10. The van der Waals surface area contributed by atoms with E-state index in [-0.39, 0.29) is 6.04 Å². The van der Waals surface area contributed by atoms with Crippen LogP contribution in [0.2, 0.25) is 0 Å². The molecule has 1 aromatic rings. The Morgan fingerprint density at radius 3 is 2.86 bits per heavy atom. The molecular weight excluding hydrogens is 244 g/mol. The zero-order chi connectivity index (χ0) is 9.97. The highest BCUT2D eigenvalue weighted by atomic mass is 79.9. The molecule has 1 aliphatic carbocycles. The molecule has 1 aromatic heterocycles. The Morgan fingerprint density at radius 2 is 2.43 bits per heavy atom.